The predicted octanol–water partition coefficient (Wildman–Crippen LogP) is 4.03. The van der Waals surface area contributed by atoms with Crippen LogP contribution in [0.1, 0.15) is 11.1 Å². The Balaban J connectivity index is 1.80. The molecule has 0 spiro atoms. The lowest BCUT2D eigenvalue weighted by Crippen LogP contribution is -2.29. The van der Waals surface area contributed by atoms with Crippen molar-refractivity contribution in [2.75, 3.05) is 11.9 Å². The molecule has 0 saturated heterocycles. The average Bonchev–Trinajstić information content (AvgIpc) is 2.46. The summed E-state index contributed by atoms with van der Waals surface area (Å²) >= 11 is 11.8. The van der Waals surface area contributed by atoms with Gasteiger partial charge in [0.05, 0.1) is 17.3 Å². The summed E-state index contributed by atoms with van der Waals surface area (Å²) in [7, 11) is 0. The first-order chi connectivity index (χ1) is 10.0. The summed E-state index contributed by atoms with van der Waals surface area (Å²) < 4.78 is 0. The highest BCUT2D eigenvalue weighted by atomic mass is 35.5. The van der Waals surface area contributed by atoms with Gasteiger partial charge >= 0.3 is 0 Å². The fourth-order valence-corrected chi connectivity index (χ4v) is 2.25. The molecule has 0 aromatic heterocycles. The highest BCUT2D eigenvalue weighted by molar-refractivity contribution is 6.36. The van der Waals surface area contributed by atoms with Crippen molar-refractivity contribution in [3.8, 4) is 0 Å². The third-order valence-corrected chi connectivity index (χ3v) is 3.53. The van der Waals surface area contributed by atoms with Gasteiger partial charge in [-0.05, 0) is 30.7 Å². The second-order valence-corrected chi connectivity index (χ2v) is 5.58. The van der Waals surface area contributed by atoms with Crippen LogP contribution in [0.2, 0.25) is 10.0 Å². The summed E-state index contributed by atoms with van der Waals surface area (Å²) in [6.45, 7) is 2.70. The second kappa shape index (κ2) is 7.34. The Kier molecular flexibility index (Phi) is 5.48. The molecule has 110 valence electrons. The summed E-state index contributed by atoms with van der Waals surface area (Å²) in [5.74, 6) is -0.0957. The van der Waals surface area contributed by atoms with Gasteiger partial charge in [0, 0.05) is 11.6 Å². The van der Waals surface area contributed by atoms with E-state index in [0.717, 1.165) is 5.56 Å². The van der Waals surface area contributed by atoms with Crippen molar-refractivity contribution in [3.05, 3.63) is 63.6 Å². The van der Waals surface area contributed by atoms with Gasteiger partial charge in [-0.15, -0.1) is 0 Å². The number of carbonyl (C=O) groups is 1. The molecule has 2 N–H and O–H groups in total. The summed E-state index contributed by atoms with van der Waals surface area (Å²) in [6, 6.07) is 13.1. The number of aryl methyl sites for hydroxylation is 1. The molecule has 0 saturated carbocycles. The van der Waals surface area contributed by atoms with Gasteiger partial charge in [0.2, 0.25) is 5.91 Å². The fourth-order valence-electron chi connectivity index (χ4n) is 1.78. The van der Waals surface area contributed by atoms with Crippen molar-refractivity contribution >= 4 is 34.8 Å². The Morgan fingerprint density at radius 1 is 1.10 bits per heavy atom. The summed E-state index contributed by atoms with van der Waals surface area (Å²) in [5, 5.41) is 6.89. The third kappa shape index (κ3) is 4.96. The minimum atomic E-state index is -0.0957. The highest BCUT2D eigenvalue weighted by Crippen LogP contribution is 2.24. The lowest BCUT2D eigenvalue weighted by Gasteiger charge is -2.09. The van der Waals surface area contributed by atoms with Crippen LogP contribution in [0.15, 0.2) is 42.5 Å². The first-order valence-corrected chi connectivity index (χ1v) is 7.31. The molecule has 0 atom stereocenters. The van der Waals surface area contributed by atoms with Gasteiger partial charge in [-0.25, -0.2) is 0 Å². The summed E-state index contributed by atoms with van der Waals surface area (Å²) in [4.78, 5) is 11.8. The van der Waals surface area contributed by atoms with E-state index in [1.807, 2.05) is 31.2 Å². The van der Waals surface area contributed by atoms with Crippen LogP contribution in [0.5, 0.6) is 0 Å². The molecule has 2 aromatic carbocycles. The normalized spacial score (nSPS) is 10.2. The Labute approximate surface area is 134 Å². The summed E-state index contributed by atoms with van der Waals surface area (Å²) in [6.07, 6.45) is 0. The average molecular weight is 323 g/mol. The van der Waals surface area contributed by atoms with Crippen LogP contribution < -0.4 is 10.6 Å². The topological polar surface area (TPSA) is 41.1 Å². The lowest BCUT2D eigenvalue weighted by atomic mass is 10.1. The van der Waals surface area contributed by atoms with E-state index in [1.54, 1.807) is 18.2 Å². The number of halogens is 2. The van der Waals surface area contributed by atoms with E-state index in [9.17, 15) is 4.79 Å². The number of hydrogen-bond acceptors (Lipinski definition) is 2. The first kappa shape index (κ1) is 15.7. The zero-order valence-electron chi connectivity index (χ0n) is 11.6. The summed E-state index contributed by atoms with van der Waals surface area (Å²) in [5.41, 5.74) is 2.95. The molecular formula is C16H16Cl2N2O. The van der Waals surface area contributed by atoms with Crippen molar-refractivity contribution in [1.29, 1.82) is 0 Å². The number of amides is 1. The van der Waals surface area contributed by atoms with Crippen LogP contribution in [0.4, 0.5) is 5.69 Å². The van der Waals surface area contributed by atoms with Gasteiger partial charge < -0.3 is 10.6 Å². The van der Waals surface area contributed by atoms with Gasteiger partial charge in [0.15, 0.2) is 0 Å². The molecule has 0 unspecified atom stereocenters. The number of rotatable bonds is 5. The van der Waals surface area contributed by atoms with E-state index >= 15 is 0 Å². The molecule has 0 bridgehead atoms. The fraction of sp³-hybridized carbons (Fsp3) is 0.188. The van der Waals surface area contributed by atoms with Crippen LogP contribution in [-0.2, 0) is 11.3 Å². The van der Waals surface area contributed by atoms with E-state index in [0.29, 0.717) is 22.3 Å². The minimum absolute atomic E-state index is 0.0957. The van der Waals surface area contributed by atoms with Crippen LogP contribution in [-0.4, -0.2) is 12.5 Å². The molecule has 0 aliphatic heterocycles. The van der Waals surface area contributed by atoms with Crippen molar-refractivity contribution < 1.29 is 4.79 Å². The maximum atomic E-state index is 11.8. The van der Waals surface area contributed by atoms with E-state index in [-0.39, 0.29) is 12.5 Å². The van der Waals surface area contributed by atoms with E-state index < -0.39 is 0 Å². The van der Waals surface area contributed by atoms with Crippen molar-refractivity contribution in [2.24, 2.45) is 0 Å². The first-order valence-electron chi connectivity index (χ1n) is 6.56. The van der Waals surface area contributed by atoms with Crippen LogP contribution in [0.25, 0.3) is 0 Å². The number of anilines is 1. The smallest absolute Gasteiger partial charge is 0.239 e. The van der Waals surface area contributed by atoms with E-state index in [1.165, 1.54) is 5.56 Å². The molecule has 3 nitrogen and oxygen atoms in total. The van der Waals surface area contributed by atoms with Crippen LogP contribution >= 0.6 is 23.2 Å². The number of benzene rings is 2. The van der Waals surface area contributed by atoms with Gasteiger partial charge in [-0.2, -0.15) is 0 Å². The molecule has 0 fully saturated rings. The second-order valence-electron chi connectivity index (χ2n) is 4.74. The molecular weight excluding hydrogens is 307 g/mol. The molecule has 2 rings (SSSR count). The molecule has 0 radical (unpaired) electrons. The van der Waals surface area contributed by atoms with Crippen molar-refractivity contribution in [1.82, 2.24) is 5.32 Å². The Bertz CT molecular complexity index is 627. The van der Waals surface area contributed by atoms with Gasteiger partial charge in [0.1, 0.15) is 0 Å². The maximum absolute atomic E-state index is 11.8. The van der Waals surface area contributed by atoms with E-state index in [4.69, 9.17) is 23.2 Å². The van der Waals surface area contributed by atoms with Crippen LogP contribution in [0, 0.1) is 6.92 Å². The Morgan fingerprint density at radius 2 is 1.81 bits per heavy atom. The Morgan fingerprint density at radius 3 is 2.48 bits per heavy atom. The molecule has 0 aliphatic carbocycles. The molecule has 1 amide bonds. The quantitative estimate of drug-likeness (QED) is 0.872. The largest absolute Gasteiger partial charge is 0.375 e. The molecule has 21 heavy (non-hydrogen) atoms. The SMILES string of the molecule is Cc1ccc(CNC(=O)CNc2ccc(Cl)cc2Cl)cc1. The van der Waals surface area contributed by atoms with Crippen molar-refractivity contribution in [2.45, 2.75) is 13.5 Å². The number of carbonyl (C=O) groups excluding carboxylic acids is 1. The zero-order valence-corrected chi connectivity index (χ0v) is 13.1. The van der Waals surface area contributed by atoms with Gasteiger partial charge in [-0.3, -0.25) is 4.79 Å². The zero-order chi connectivity index (χ0) is 15.2. The van der Waals surface area contributed by atoms with Crippen LogP contribution in [0.3, 0.4) is 0 Å². The molecule has 2 aromatic rings. The Hall–Kier alpha value is -1.71. The highest BCUT2D eigenvalue weighted by Gasteiger charge is 2.04. The minimum Gasteiger partial charge on any atom is -0.375 e. The molecule has 0 heterocycles. The maximum Gasteiger partial charge on any atom is 0.239 e. The molecule has 0 aliphatic rings. The number of hydrogen-bond donors (Lipinski definition) is 2. The lowest BCUT2D eigenvalue weighted by molar-refractivity contribution is -0.119. The van der Waals surface area contributed by atoms with E-state index in [2.05, 4.69) is 10.6 Å². The third-order valence-electron chi connectivity index (χ3n) is 2.98. The predicted molar refractivity (Wildman–Crippen MR) is 88.0 cm³/mol. The number of nitrogens with one attached hydrogen (secondary N) is 2. The van der Waals surface area contributed by atoms with Gasteiger partial charge in [0.25, 0.3) is 0 Å². The van der Waals surface area contributed by atoms with Gasteiger partial charge in [-0.1, -0.05) is 53.0 Å². The molecule has 5 heteroatoms. The van der Waals surface area contributed by atoms with Crippen molar-refractivity contribution in [3.63, 3.8) is 0 Å². The monoisotopic (exact) mass is 322 g/mol. The standard InChI is InChI=1S/C16H16Cl2N2O/c1-11-2-4-12(5-3-11)9-20-16(21)10-19-15-7-6-13(17)8-14(15)18/h2-8,19H,9-10H2,1H3,(H,20,21).